The third-order valence-corrected chi connectivity index (χ3v) is 3.77. The van der Waals surface area contributed by atoms with Crippen molar-refractivity contribution in [3.8, 4) is 0 Å². The van der Waals surface area contributed by atoms with E-state index in [1.807, 2.05) is 0 Å². The number of likely N-dealkylation sites (tertiary alicyclic amines) is 1. The van der Waals surface area contributed by atoms with E-state index in [2.05, 4.69) is 9.97 Å². The third-order valence-electron chi connectivity index (χ3n) is 3.77. The molecule has 1 aliphatic heterocycles. The van der Waals surface area contributed by atoms with Crippen LogP contribution >= 0.6 is 0 Å². The lowest BCUT2D eigenvalue weighted by atomic mass is 10.0. The Kier molecular flexibility index (Phi) is 3.85. The number of aliphatic hydroxyl groups is 1. The summed E-state index contributed by atoms with van der Waals surface area (Å²) in [6.45, 7) is 1.99. The lowest BCUT2D eigenvalue weighted by molar-refractivity contribution is 0.0709. The highest BCUT2D eigenvalue weighted by Crippen LogP contribution is 2.33. The van der Waals surface area contributed by atoms with Crippen molar-refractivity contribution in [1.29, 1.82) is 0 Å². The maximum absolute atomic E-state index is 13.4. The molecule has 0 bridgehead atoms. The number of carbonyl (C=O) groups is 1. The molecule has 5 nitrogen and oxygen atoms in total. The average molecular weight is 301 g/mol. The SMILES string of the molecule is Cc1cnc(C(=O)N2C[C@H](O)C[C@@H]2c2cccc(F)c2)cn1. The molecule has 0 aliphatic carbocycles. The lowest BCUT2D eigenvalue weighted by Gasteiger charge is -2.24. The number of aryl methyl sites for hydroxylation is 1. The molecule has 1 aromatic carbocycles. The van der Waals surface area contributed by atoms with Crippen LogP contribution in [0.4, 0.5) is 4.39 Å². The zero-order valence-corrected chi connectivity index (χ0v) is 12.1. The minimum atomic E-state index is -0.629. The second-order valence-electron chi connectivity index (χ2n) is 5.46. The molecule has 0 radical (unpaired) electrons. The van der Waals surface area contributed by atoms with Gasteiger partial charge in [0.15, 0.2) is 0 Å². The molecule has 1 aromatic heterocycles. The Morgan fingerprint density at radius 3 is 2.86 bits per heavy atom. The second-order valence-corrected chi connectivity index (χ2v) is 5.46. The predicted octanol–water partition coefficient (Wildman–Crippen LogP) is 1.87. The van der Waals surface area contributed by atoms with Crippen LogP contribution < -0.4 is 0 Å². The normalized spacial score (nSPS) is 21.1. The van der Waals surface area contributed by atoms with Gasteiger partial charge in [0.05, 0.1) is 24.0 Å². The third kappa shape index (κ3) is 2.82. The summed E-state index contributed by atoms with van der Waals surface area (Å²) in [7, 11) is 0. The molecule has 1 amide bonds. The number of hydrogen-bond donors (Lipinski definition) is 1. The molecule has 0 unspecified atom stereocenters. The van der Waals surface area contributed by atoms with E-state index >= 15 is 0 Å². The van der Waals surface area contributed by atoms with Gasteiger partial charge in [-0.25, -0.2) is 9.37 Å². The van der Waals surface area contributed by atoms with Gasteiger partial charge in [-0.2, -0.15) is 0 Å². The van der Waals surface area contributed by atoms with Crippen LogP contribution in [0.5, 0.6) is 0 Å². The average Bonchev–Trinajstić information content (AvgIpc) is 2.89. The minimum absolute atomic E-state index is 0.204. The van der Waals surface area contributed by atoms with E-state index in [1.165, 1.54) is 29.4 Å². The molecule has 6 heteroatoms. The number of benzene rings is 1. The highest BCUT2D eigenvalue weighted by Gasteiger charge is 2.36. The number of rotatable bonds is 2. The predicted molar refractivity (Wildman–Crippen MR) is 77.6 cm³/mol. The fourth-order valence-corrected chi connectivity index (χ4v) is 2.72. The summed E-state index contributed by atoms with van der Waals surface area (Å²) in [5, 5.41) is 9.92. The zero-order valence-electron chi connectivity index (χ0n) is 12.1. The van der Waals surface area contributed by atoms with Gasteiger partial charge in [0.1, 0.15) is 11.5 Å². The molecule has 1 N–H and O–H groups in total. The molecular weight excluding hydrogens is 285 g/mol. The summed E-state index contributed by atoms with van der Waals surface area (Å²) in [5.74, 6) is -0.667. The van der Waals surface area contributed by atoms with Crippen molar-refractivity contribution in [3.05, 3.63) is 59.4 Å². The van der Waals surface area contributed by atoms with Gasteiger partial charge >= 0.3 is 0 Å². The first kappa shape index (κ1) is 14.6. The molecule has 3 rings (SSSR count). The number of aromatic nitrogens is 2. The summed E-state index contributed by atoms with van der Waals surface area (Å²) < 4.78 is 13.4. The van der Waals surface area contributed by atoms with Crippen LogP contribution in [-0.2, 0) is 0 Å². The van der Waals surface area contributed by atoms with Crippen molar-refractivity contribution in [3.63, 3.8) is 0 Å². The van der Waals surface area contributed by atoms with Gasteiger partial charge in [-0.3, -0.25) is 9.78 Å². The summed E-state index contributed by atoms with van der Waals surface area (Å²) in [5.41, 5.74) is 1.62. The fourth-order valence-electron chi connectivity index (χ4n) is 2.72. The van der Waals surface area contributed by atoms with Crippen molar-refractivity contribution in [2.75, 3.05) is 6.54 Å². The molecular formula is C16H16FN3O2. The number of halogens is 1. The van der Waals surface area contributed by atoms with Crippen LogP contribution in [0.1, 0.15) is 34.2 Å². The van der Waals surface area contributed by atoms with Gasteiger partial charge < -0.3 is 10.0 Å². The van der Waals surface area contributed by atoms with Gasteiger partial charge in [-0.15, -0.1) is 0 Å². The molecule has 22 heavy (non-hydrogen) atoms. The largest absolute Gasteiger partial charge is 0.391 e. The van der Waals surface area contributed by atoms with Gasteiger partial charge in [0, 0.05) is 12.7 Å². The number of carbonyl (C=O) groups excluding carboxylic acids is 1. The van der Waals surface area contributed by atoms with E-state index in [0.717, 1.165) is 5.69 Å². The van der Waals surface area contributed by atoms with Crippen LogP contribution in [0, 0.1) is 12.7 Å². The van der Waals surface area contributed by atoms with Crippen molar-refractivity contribution < 1.29 is 14.3 Å². The van der Waals surface area contributed by atoms with Crippen LogP contribution in [0.3, 0.4) is 0 Å². The van der Waals surface area contributed by atoms with E-state index in [-0.39, 0.29) is 30.0 Å². The van der Waals surface area contributed by atoms with Crippen LogP contribution in [0.25, 0.3) is 0 Å². The number of nitrogens with zero attached hydrogens (tertiary/aromatic N) is 3. The van der Waals surface area contributed by atoms with Gasteiger partial charge in [-0.05, 0) is 31.0 Å². The minimum Gasteiger partial charge on any atom is -0.391 e. The molecule has 2 atom stereocenters. The molecule has 1 fully saturated rings. The first-order valence-corrected chi connectivity index (χ1v) is 7.08. The van der Waals surface area contributed by atoms with E-state index in [9.17, 15) is 14.3 Å². The molecule has 1 saturated heterocycles. The van der Waals surface area contributed by atoms with E-state index < -0.39 is 6.10 Å². The van der Waals surface area contributed by atoms with Crippen LogP contribution in [0.2, 0.25) is 0 Å². The van der Waals surface area contributed by atoms with Crippen molar-refractivity contribution in [1.82, 2.24) is 14.9 Å². The standard InChI is InChI=1S/C16H16FN3O2/c1-10-7-19-14(8-18-10)16(22)20-9-13(21)6-15(20)11-3-2-4-12(17)5-11/h2-5,7-8,13,15,21H,6,9H2,1H3/t13-,15-/m1/s1. The van der Waals surface area contributed by atoms with E-state index in [1.54, 1.807) is 19.1 Å². The highest BCUT2D eigenvalue weighted by atomic mass is 19.1. The Bertz CT molecular complexity index is 690. The number of aliphatic hydroxyl groups excluding tert-OH is 1. The maximum Gasteiger partial charge on any atom is 0.274 e. The quantitative estimate of drug-likeness (QED) is 0.919. The van der Waals surface area contributed by atoms with Crippen LogP contribution in [0.15, 0.2) is 36.7 Å². The zero-order chi connectivity index (χ0) is 15.7. The fraction of sp³-hybridized carbons (Fsp3) is 0.312. The number of hydrogen-bond acceptors (Lipinski definition) is 4. The lowest BCUT2D eigenvalue weighted by Crippen LogP contribution is -2.32. The maximum atomic E-state index is 13.4. The monoisotopic (exact) mass is 301 g/mol. The molecule has 0 saturated carbocycles. The molecule has 0 spiro atoms. The number of amides is 1. The Balaban J connectivity index is 1.90. The van der Waals surface area contributed by atoms with Crippen molar-refractivity contribution >= 4 is 5.91 Å². The Hall–Kier alpha value is -2.34. The summed E-state index contributed by atoms with van der Waals surface area (Å²) in [4.78, 5) is 22.3. The summed E-state index contributed by atoms with van der Waals surface area (Å²) >= 11 is 0. The highest BCUT2D eigenvalue weighted by molar-refractivity contribution is 5.92. The first-order valence-electron chi connectivity index (χ1n) is 7.08. The smallest absolute Gasteiger partial charge is 0.274 e. The topological polar surface area (TPSA) is 66.3 Å². The summed E-state index contributed by atoms with van der Waals surface area (Å²) in [6.07, 6.45) is 2.70. The molecule has 114 valence electrons. The Morgan fingerprint density at radius 1 is 1.36 bits per heavy atom. The van der Waals surface area contributed by atoms with Gasteiger partial charge in [-0.1, -0.05) is 12.1 Å². The van der Waals surface area contributed by atoms with E-state index in [0.29, 0.717) is 12.0 Å². The van der Waals surface area contributed by atoms with Crippen molar-refractivity contribution in [2.45, 2.75) is 25.5 Å². The Labute approximate surface area is 127 Å². The number of β-amino-alcohol motifs (C(OH)–C–C–N with tert-alkyl or cyclic N) is 1. The van der Waals surface area contributed by atoms with Gasteiger partial charge in [0.25, 0.3) is 5.91 Å². The molecule has 1 aliphatic rings. The van der Waals surface area contributed by atoms with Crippen molar-refractivity contribution in [2.24, 2.45) is 0 Å². The van der Waals surface area contributed by atoms with Crippen LogP contribution in [-0.4, -0.2) is 38.5 Å². The second kappa shape index (κ2) is 5.81. The first-order chi connectivity index (χ1) is 10.5. The molecule has 2 aromatic rings. The van der Waals surface area contributed by atoms with Gasteiger partial charge in [0.2, 0.25) is 0 Å². The van der Waals surface area contributed by atoms with E-state index in [4.69, 9.17) is 0 Å². The summed E-state index contributed by atoms with van der Waals surface area (Å²) in [6, 6.07) is 5.74. The molecule has 2 heterocycles. The Morgan fingerprint density at radius 2 is 2.18 bits per heavy atom.